The molecule has 0 radical (unpaired) electrons. The number of rotatable bonds is 8. The molecule has 2 fully saturated rings. The van der Waals surface area contributed by atoms with E-state index >= 15 is 0 Å². The van der Waals surface area contributed by atoms with Crippen LogP contribution in [0, 0.1) is 5.92 Å². The smallest absolute Gasteiger partial charge is 0.410 e. The van der Waals surface area contributed by atoms with Gasteiger partial charge in [-0.1, -0.05) is 30.3 Å². The summed E-state index contributed by atoms with van der Waals surface area (Å²) in [6.07, 6.45) is 3.34. The number of carbonyl (C=O) groups excluding carboxylic acids is 1. The molecule has 3 heterocycles. The first-order valence-electron chi connectivity index (χ1n) is 13.3. The van der Waals surface area contributed by atoms with Crippen molar-refractivity contribution in [3.05, 3.63) is 48.2 Å². The normalized spacial score (nSPS) is 20.5. The van der Waals surface area contributed by atoms with Gasteiger partial charge in [-0.2, -0.15) is 4.98 Å². The van der Waals surface area contributed by atoms with E-state index in [1.54, 1.807) is 11.1 Å². The molecule has 37 heavy (non-hydrogen) atoms. The molecule has 2 aliphatic heterocycles. The highest BCUT2D eigenvalue weighted by Gasteiger charge is 2.34. The molecule has 1 N–H and O–H groups in total. The highest BCUT2D eigenvalue weighted by molar-refractivity contribution is 5.67. The van der Waals surface area contributed by atoms with Gasteiger partial charge in [0, 0.05) is 25.3 Å². The fourth-order valence-electron chi connectivity index (χ4n) is 5.01. The predicted molar refractivity (Wildman–Crippen MR) is 143 cm³/mol. The van der Waals surface area contributed by atoms with Crippen LogP contribution in [0.4, 0.5) is 16.6 Å². The van der Waals surface area contributed by atoms with Gasteiger partial charge in [0.2, 0.25) is 5.95 Å². The molecular formula is C28H41N5O4. The van der Waals surface area contributed by atoms with Crippen molar-refractivity contribution >= 4 is 17.9 Å². The number of nitrogens with zero attached hydrogens (tertiary/aromatic N) is 4. The van der Waals surface area contributed by atoms with E-state index in [1.807, 2.05) is 36.4 Å². The van der Waals surface area contributed by atoms with Crippen molar-refractivity contribution < 1.29 is 19.0 Å². The quantitative estimate of drug-likeness (QED) is 0.546. The van der Waals surface area contributed by atoms with Gasteiger partial charge in [0.15, 0.2) is 0 Å². The van der Waals surface area contributed by atoms with E-state index in [2.05, 4.69) is 49.8 Å². The number of benzene rings is 1. The second-order valence-electron chi connectivity index (χ2n) is 11.0. The topological polar surface area (TPSA) is 89.1 Å². The summed E-state index contributed by atoms with van der Waals surface area (Å²) in [5, 5.41) is 3.49. The number of piperidine rings is 1. The third-order valence-electron chi connectivity index (χ3n) is 7.00. The Morgan fingerprint density at radius 1 is 1.16 bits per heavy atom. The summed E-state index contributed by atoms with van der Waals surface area (Å²) in [6.45, 7) is 13.2. The molecule has 9 heteroatoms. The van der Waals surface area contributed by atoms with E-state index in [1.165, 1.54) is 0 Å². The van der Waals surface area contributed by atoms with E-state index < -0.39 is 0 Å². The van der Waals surface area contributed by atoms with Crippen LogP contribution in [0.1, 0.15) is 53.0 Å². The molecule has 4 rings (SSSR count). The van der Waals surface area contributed by atoms with Gasteiger partial charge in [-0.05, 0) is 65.0 Å². The van der Waals surface area contributed by atoms with E-state index in [0.717, 1.165) is 24.2 Å². The molecular weight excluding hydrogens is 470 g/mol. The number of hydrogen-bond acceptors (Lipinski definition) is 8. The molecule has 1 amide bonds. The molecule has 0 bridgehead atoms. The number of hydrogen-bond donors (Lipinski definition) is 1. The molecule has 1 aromatic heterocycles. The lowest BCUT2D eigenvalue weighted by Crippen LogP contribution is -2.44. The van der Waals surface area contributed by atoms with Crippen LogP contribution >= 0.6 is 0 Å². The monoisotopic (exact) mass is 511 g/mol. The van der Waals surface area contributed by atoms with Gasteiger partial charge >= 0.3 is 6.09 Å². The van der Waals surface area contributed by atoms with Gasteiger partial charge < -0.3 is 29.3 Å². The van der Waals surface area contributed by atoms with Gasteiger partial charge in [-0.15, -0.1) is 0 Å². The standard InChI is InChI=1S/C28H41N5O4/c1-20(23-12-15-32(16-13-23)27(34)36-17-22-9-7-6-8-10-22)30-26-29-14-11-25(31-26)33-19-35-18-24(33)21(2)37-28(3,4)5/h6-11,14,20-21,23-24H,12-13,15-19H2,1-5H3,(H,29,30,31)/t20-,21-,24+/m0/s1. The Kier molecular flexibility index (Phi) is 8.87. The molecule has 202 valence electrons. The first-order valence-corrected chi connectivity index (χ1v) is 13.3. The lowest BCUT2D eigenvalue weighted by Gasteiger charge is -2.35. The molecule has 2 aliphatic rings. The summed E-state index contributed by atoms with van der Waals surface area (Å²) in [5.74, 6) is 1.84. The zero-order chi connectivity index (χ0) is 26.4. The largest absolute Gasteiger partial charge is 0.445 e. The summed E-state index contributed by atoms with van der Waals surface area (Å²) in [7, 11) is 0. The minimum Gasteiger partial charge on any atom is -0.445 e. The Morgan fingerprint density at radius 3 is 2.59 bits per heavy atom. The molecule has 1 aromatic carbocycles. The van der Waals surface area contributed by atoms with Crippen LogP contribution in [0.25, 0.3) is 0 Å². The van der Waals surface area contributed by atoms with Crippen LogP contribution in [0.5, 0.6) is 0 Å². The van der Waals surface area contributed by atoms with Crippen LogP contribution < -0.4 is 10.2 Å². The number of carbonyl (C=O) groups is 1. The van der Waals surface area contributed by atoms with Gasteiger partial charge in [-0.3, -0.25) is 0 Å². The van der Waals surface area contributed by atoms with Crippen LogP contribution in [0.3, 0.4) is 0 Å². The maximum atomic E-state index is 12.5. The number of anilines is 2. The van der Waals surface area contributed by atoms with Crippen molar-refractivity contribution in [2.24, 2.45) is 5.92 Å². The van der Waals surface area contributed by atoms with E-state index in [-0.39, 0.29) is 29.9 Å². The van der Waals surface area contributed by atoms with Gasteiger partial charge in [0.1, 0.15) is 19.2 Å². The molecule has 0 unspecified atom stereocenters. The fourth-order valence-corrected chi connectivity index (χ4v) is 5.01. The van der Waals surface area contributed by atoms with Crippen molar-refractivity contribution in [1.29, 1.82) is 0 Å². The Balaban J connectivity index is 1.28. The summed E-state index contributed by atoms with van der Waals surface area (Å²) < 4.78 is 17.5. The summed E-state index contributed by atoms with van der Waals surface area (Å²) >= 11 is 0. The van der Waals surface area contributed by atoms with Gasteiger partial charge in [0.05, 0.1) is 24.4 Å². The van der Waals surface area contributed by atoms with Gasteiger partial charge in [-0.25, -0.2) is 9.78 Å². The second-order valence-corrected chi connectivity index (χ2v) is 11.0. The average Bonchev–Trinajstić information content (AvgIpc) is 3.38. The van der Waals surface area contributed by atoms with Crippen LogP contribution in [-0.4, -0.2) is 71.2 Å². The van der Waals surface area contributed by atoms with E-state index in [9.17, 15) is 4.79 Å². The molecule has 0 aliphatic carbocycles. The molecule has 3 atom stereocenters. The molecule has 2 aromatic rings. The third kappa shape index (κ3) is 7.55. The Morgan fingerprint density at radius 2 is 1.89 bits per heavy atom. The van der Waals surface area contributed by atoms with Gasteiger partial charge in [0.25, 0.3) is 0 Å². The lowest BCUT2D eigenvalue weighted by atomic mass is 9.90. The maximum Gasteiger partial charge on any atom is 0.410 e. The van der Waals surface area contributed by atoms with Crippen LogP contribution in [-0.2, 0) is 20.8 Å². The molecule has 0 spiro atoms. The third-order valence-corrected chi connectivity index (χ3v) is 7.00. The lowest BCUT2D eigenvalue weighted by molar-refractivity contribution is -0.0619. The number of aromatic nitrogens is 2. The first-order chi connectivity index (χ1) is 17.7. The van der Waals surface area contributed by atoms with E-state index in [4.69, 9.17) is 19.2 Å². The van der Waals surface area contributed by atoms with Crippen molar-refractivity contribution in [3.8, 4) is 0 Å². The minimum atomic E-state index is -0.244. The molecule has 9 nitrogen and oxygen atoms in total. The first kappa shape index (κ1) is 27.1. The zero-order valence-electron chi connectivity index (χ0n) is 22.7. The number of amides is 1. The highest BCUT2D eigenvalue weighted by atomic mass is 16.6. The van der Waals surface area contributed by atoms with Crippen LogP contribution in [0.2, 0.25) is 0 Å². The predicted octanol–water partition coefficient (Wildman–Crippen LogP) is 4.69. The molecule has 0 saturated carbocycles. The number of ether oxygens (including phenoxy) is 3. The minimum absolute atomic E-state index is 0.00244. The zero-order valence-corrected chi connectivity index (χ0v) is 22.7. The average molecular weight is 512 g/mol. The fraction of sp³-hybridized carbons (Fsp3) is 0.607. The second kappa shape index (κ2) is 12.1. The molecule has 2 saturated heterocycles. The summed E-state index contributed by atoms with van der Waals surface area (Å²) in [4.78, 5) is 25.7. The maximum absolute atomic E-state index is 12.5. The van der Waals surface area contributed by atoms with Crippen molar-refractivity contribution in [1.82, 2.24) is 14.9 Å². The van der Waals surface area contributed by atoms with E-state index in [0.29, 0.717) is 44.9 Å². The summed E-state index contributed by atoms with van der Waals surface area (Å²) in [5.41, 5.74) is 0.768. The highest BCUT2D eigenvalue weighted by Crippen LogP contribution is 2.27. The SMILES string of the molecule is C[C@H](Nc1nccc(N2COC[C@@H]2[C@H](C)OC(C)(C)C)n1)C1CCN(C(=O)OCc2ccccc2)CC1. The number of nitrogens with one attached hydrogen (secondary N) is 1. The Hall–Kier alpha value is -2.91. The van der Waals surface area contributed by atoms with Crippen molar-refractivity contribution in [2.75, 3.05) is 36.6 Å². The Labute approximate surface area is 220 Å². The van der Waals surface area contributed by atoms with Crippen LogP contribution in [0.15, 0.2) is 42.6 Å². The Bertz CT molecular complexity index is 1010. The van der Waals surface area contributed by atoms with Crippen molar-refractivity contribution in [3.63, 3.8) is 0 Å². The summed E-state index contributed by atoms with van der Waals surface area (Å²) in [6, 6.07) is 11.9. The van der Waals surface area contributed by atoms with Crippen molar-refractivity contribution in [2.45, 2.75) is 77.9 Å². The number of likely N-dealkylation sites (tertiary alicyclic amines) is 1.